The number of aryl methyl sites for hydroxylation is 1. The Morgan fingerprint density at radius 2 is 1.71 bits per heavy atom. The summed E-state index contributed by atoms with van der Waals surface area (Å²) in [6.45, 7) is 2.54. The first kappa shape index (κ1) is 20.5. The van der Waals surface area contributed by atoms with Crippen LogP contribution in [0.4, 0.5) is 0 Å². The molecule has 0 unspecified atom stereocenters. The largest absolute Gasteiger partial charge is 0.273 e. The molecule has 28 heavy (non-hydrogen) atoms. The van der Waals surface area contributed by atoms with E-state index in [1.807, 2.05) is 6.92 Å². The highest BCUT2D eigenvalue weighted by Gasteiger charge is 2.31. The van der Waals surface area contributed by atoms with Crippen LogP contribution in [0.2, 0.25) is 5.02 Å². The van der Waals surface area contributed by atoms with Crippen molar-refractivity contribution in [3.05, 3.63) is 64.7 Å². The average Bonchev–Trinajstić information content (AvgIpc) is 2.70. The number of piperidine rings is 1. The molecule has 1 heterocycles. The van der Waals surface area contributed by atoms with Crippen molar-refractivity contribution in [2.24, 2.45) is 11.0 Å². The van der Waals surface area contributed by atoms with Gasteiger partial charge in [0.05, 0.1) is 11.1 Å². The van der Waals surface area contributed by atoms with Gasteiger partial charge < -0.3 is 0 Å². The van der Waals surface area contributed by atoms with Crippen molar-refractivity contribution in [2.45, 2.75) is 24.7 Å². The maximum absolute atomic E-state index is 12.7. The SMILES string of the molecule is Cc1ccc(S(=O)(=O)N2CCC(C(=O)NN=Cc3ccc(Cl)cc3)CC2)cc1. The quantitative estimate of drug-likeness (QED) is 0.597. The molecule has 0 atom stereocenters. The highest BCUT2D eigenvalue weighted by atomic mass is 35.5. The van der Waals surface area contributed by atoms with E-state index in [2.05, 4.69) is 10.5 Å². The third-order valence-electron chi connectivity index (χ3n) is 4.74. The normalized spacial score (nSPS) is 16.4. The van der Waals surface area contributed by atoms with Gasteiger partial charge in [0, 0.05) is 24.0 Å². The second-order valence-electron chi connectivity index (χ2n) is 6.78. The number of nitrogens with one attached hydrogen (secondary N) is 1. The Kier molecular flexibility index (Phi) is 6.49. The van der Waals surface area contributed by atoms with E-state index >= 15 is 0 Å². The molecule has 1 aliphatic rings. The summed E-state index contributed by atoms with van der Waals surface area (Å²) in [4.78, 5) is 12.6. The van der Waals surface area contributed by atoms with Crippen LogP contribution in [0.1, 0.15) is 24.0 Å². The van der Waals surface area contributed by atoms with Crippen molar-refractivity contribution >= 4 is 33.7 Å². The van der Waals surface area contributed by atoms with Crippen molar-refractivity contribution in [2.75, 3.05) is 13.1 Å². The van der Waals surface area contributed by atoms with Gasteiger partial charge in [0.25, 0.3) is 0 Å². The fraction of sp³-hybridized carbons (Fsp3) is 0.300. The molecule has 8 heteroatoms. The molecule has 2 aromatic carbocycles. The van der Waals surface area contributed by atoms with Crippen molar-refractivity contribution in [1.82, 2.24) is 9.73 Å². The Balaban J connectivity index is 1.53. The maximum atomic E-state index is 12.7. The van der Waals surface area contributed by atoms with Crippen LogP contribution in [-0.4, -0.2) is 37.9 Å². The smallest absolute Gasteiger partial charge is 0.243 e. The highest BCUT2D eigenvalue weighted by Crippen LogP contribution is 2.24. The van der Waals surface area contributed by atoms with Gasteiger partial charge >= 0.3 is 0 Å². The topological polar surface area (TPSA) is 78.8 Å². The van der Waals surface area contributed by atoms with Crippen LogP contribution in [0.25, 0.3) is 0 Å². The Bertz CT molecular complexity index is 949. The summed E-state index contributed by atoms with van der Waals surface area (Å²) in [5.74, 6) is -0.454. The summed E-state index contributed by atoms with van der Waals surface area (Å²) in [7, 11) is -3.52. The van der Waals surface area contributed by atoms with E-state index in [1.165, 1.54) is 4.31 Å². The van der Waals surface area contributed by atoms with Crippen LogP contribution >= 0.6 is 11.6 Å². The molecule has 1 N–H and O–H groups in total. The van der Waals surface area contributed by atoms with Crippen LogP contribution < -0.4 is 5.43 Å². The van der Waals surface area contributed by atoms with Crippen molar-refractivity contribution in [3.63, 3.8) is 0 Å². The molecule has 1 aliphatic heterocycles. The number of benzene rings is 2. The number of amides is 1. The summed E-state index contributed by atoms with van der Waals surface area (Å²) >= 11 is 5.83. The summed E-state index contributed by atoms with van der Waals surface area (Å²) in [5, 5.41) is 4.60. The fourth-order valence-electron chi connectivity index (χ4n) is 3.03. The molecular weight excluding hydrogens is 398 g/mol. The Morgan fingerprint density at radius 1 is 1.11 bits per heavy atom. The molecule has 6 nitrogen and oxygen atoms in total. The first-order chi connectivity index (χ1) is 13.4. The number of carbonyl (C=O) groups is 1. The van der Waals surface area contributed by atoms with Gasteiger partial charge in [-0.15, -0.1) is 0 Å². The minimum Gasteiger partial charge on any atom is -0.273 e. The zero-order valence-electron chi connectivity index (χ0n) is 15.5. The molecule has 0 aromatic heterocycles. The third-order valence-corrected chi connectivity index (χ3v) is 6.91. The van der Waals surface area contributed by atoms with Crippen LogP contribution in [0.5, 0.6) is 0 Å². The van der Waals surface area contributed by atoms with E-state index in [9.17, 15) is 13.2 Å². The minimum atomic E-state index is -3.52. The number of sulfonamides is 1. The number of halogens is 1. The Labute approximate surface area is 170 Å². The molecule has 0 bridgehead atoms. The lowest BCUT2D eigenvalue weighted by Gasteiger charge is -2.30. The molecule has 1 amide bonds. The first-order valence-electron chi connectivity index (χ1n) is 9.01. The van der Waals surface area contributed by atoms with Crippen molar-refractivity contribution in [3.8, 4) is 0 Å². The van der Waals surface area contributed by atoms with E-state index in [4.69, 9.17) is 11.6 Å². The molecule has 0 spiro atoms. The molecule has 0 aliphatic carbocycles. The number of hydrogen-bond acceptors (Lipinski definition) is 4. The average molecular weight is 420 g/mol. The van der Waals surface area contributed by atoms with Crippen LogP contribution in [-0.2, 0) is 14.8 Å². The van der Waals surface area contributed by atoms with E-state index in [1.54, 1.807) is 54.7 Å². The standard InChI is InChI=1S/C20H22ClN3O3S/c1-15-2-8-19(9-3-15)28(26,27)24-12-10-17(11-13-24)20(25)23-22-14-16-4-6-18(21)7-5-16/h2-9,14,17H,10-13H2,1H3,(H,23,25). The Hall–Kier alpha value is -2.22. The van der Waals surface area contributed by atoms with Gasteiger partial charge in [0.1, 0.15) is 0 Å². The van der Waals surface area contributed by atoms with Gasteiger partial charge in [-0.3, -0.25) is 4.79 Å². The fourth-order valence-corrected chi connectivity index (χ4v) is 4.62. The first-order valence-corrected chi connectivity index (χ1v) is 10.8. The molecule has 148 valence electrons. The number of hydrazone groups is 1. The summed E-state index contributed by atoms with van der Waals surface area (Å²) in [6, 6.07) is 13.9. The van der Waals surface area contributed by atoms with Gasteiger partial charge in [-0.2, -0.15) is 9.41 Å². The number of nitrogens with zero attached hydrogens (tertiary/aromatic N) is 2. The molecular formula is C20H22ClN3O3S. The van der Waals surface area contributed by atoms with Gasteiger partial charge in [-0.05, 0) is 49.6 Å². The molecule has 2 aromatic rings. The van der Waals surface area contributed by atoms with Gasteiger partial charge in [0.2, 0.25) is 15.9 Å². The van der Waals surface area contributed by atoms with Crippen molar-refractivity contribution in [1.29, 1.82) is 0 Å². The Morgan fingerprint density at radius 3 is 2.32 bits per heavy atom. The zero-order valence-corrected chi connectivity index (χ0v) is 17.1. The van der Waals surface area contributed by atoms with Gasteiger partial charge in [0.15, 0.2) is 0 Å². The zero-order chi connectivity index (χ0) is 20.1. The van der Waals surface area contributed by atoms with Gasteiger partial charge in [-0.1, -0.05) is 41.4 Å². The summed E-state index contributed by atoms with van der Waals surface area (Å²) in [5.41, 5.74) is 4.37. The number of carbonyl (C=O) groups excluding carboxylic acids is 1. The summed E-state index contributed by atoms with van der Waals surface area (Å²) in [6.07, 6.45) is 2.48. The van der Waals surface area contributed by atoms with Gasteiger partial charge in [-0.25, -0.2) is 13.8 Å². The molecule has 3 rings (SSSR count). The lowest BCUT2D eigenvalue weighted by Crippen LogP contribution is -2.42. The van der Waals surface area contributed by atoms with E-state index in [-0.39, 0.29) is 16.7 Å². The predicted octanol–water partition coefficient (Wildman–Crippen LogP) is 3.20. The lowest BCUT2D eigenvalue weighted by atomic mass is 9.98. The predicted molar refractivity (Wildman–Crippen MR) is 110 cm³/mol. The molecule has 0 radical (unpaired) electrons. The maximum Gasteiger partial charge on any atom is 0.243 e. The van der Waals surface area contributed by atoms with Crippen molar-refractivity contribution < 1.29 is 13.2 Å². The number of rotatable bonds is 5. The van der Waals surface area contributed by atoms with Crippen LogP contribution in [0.15, 0.2) is 58.5 Å². The lowest BCUT2D eigenvalue weighted by molar-refractivity contribution is -0.126. The second-order valence-corrected chi connectivity index (χ2v) is 9.15. The van der Waals surface area contributed by atoms with E-state index in [0.29, 0.717) is 31.0 Å². The van der Waals surface area contributed by atoms with Crippen LogP contribution in [0, 0.1) is 12.8 Å². The third kappa shape index (κ3) is 4.98. The van der Waals surface area contributed by atoms with Crippen LogP contribution in [0.3, 0.4) is 0 Å². The molecule has 0 saturated carbocycles. The monoisotopic (exact) mass is 419 g/mol. The second kappa shape index (κ2) is 8.86. The molecule has 1 fully saturated rings. The summed E-state index contributed by atoms with van der Waals surface area (Å²) < 4.78 is 26.9. The number of hydrogen-bond donors (Lipinski definition) is 1. The molecule has 1 saturated heterocycles. The van der Waals surface area contributed by atoms with E-state index < -0.39 is 10.0 Å². The highest BCUT2D eigenvalue weighted by molar-refractivity contribution is 7.89. The minimum absolute atomic E-state index is 0.197. The van der Waals surface area contributed by atoms with E-state index in [0.717, 1.165) is 11.1 Å².